The van der Waals surface area contributed by atoms with E-state index in [2.05, 4.69) is 0 Å². The SMILES string of the molecule is Cc1ccc(S(=O)(=O)N(C(=O)c2ccccc2Cl)c2ccc3oc(=O)sc3c2)c(C)c1. The molecule has 0 aliphatic carbocycles. The van der Waals surface area contributed by atoms with Gasteiger partial charge in [0.1, 0.15) is 5.58 Å². The van der Waals surface area contributed by atoms with Crippen LogP contribution in [0, 0.1) is 13.8 Å². The van der Waals surface area contributed by atoms with E-state index in [1.54, 1.807) is 31.2 Å². The first kappa shape index (κ1) is 21.3. The minimum Gasteiger partial charge on any atom is -0.414 e. The van der Waals surface area contributed by atoms with Crippen molar-refractivity contribution in [3.05, 3.63) is 92.1 Å². The summed E-state index contributed by atoms with van der Waals surface area (Å²) in [5.74, 6) is -0.805. The van der Waals surface area contributed by atoms with Gasteiger partial charge in [0.25, 0.3) is 15.9 Å². The van der Waals surface area contributed by atoms with Crippen LogP contribution in [0.1, 0.15) is 21.5 Å². The molecule has 0 atom stereocenters. The molecule has 0 spiro atoms. The number of aryl methyl sites for hydroxylation is 2. The molecule has 0 N–H and O–H groups in total. The Balaban J connectivity index is 1.96. The number of carbonyl (C=O) groups excluding carboxylic acids is 1. The molecule has 158 valence electrons. The maximum atomic E-state index is 13.7. The molecule has 0 aliphatic heterocycles. The van der Waals surface area contributed by atoms with Crippen molar-refractivity contribution in [2.45, 2.75) is 18.7 Å². The van der Waals surface area contributed by atoms with Gasteiger partial charge in [-0.15, -0.1) is 0 Å². The number of sulfonamides is 1. The van der Waals surface area contributed by atoms with Crippen molar-refractivity contribution < 1.29 is 17.6 Å². The van der Waals surface area contributed by atoms with Gasteiger partial charge in [-0.1, -0.05) is 52.8 Å². The highest BCUT2D eigenvalue weighted by molar-refractivity contribution is 7.93. The molecule has 1 aromatic heterocycles. The molecule has 3 aromatic carbocycles. The number of amides is 1. The van der Waals surface area contributed by atoms with Crippen LogP contribution in [0.4, 0.5) is 5.69 Å². The number of hydrogen-bond donors (Lipinski definition) is 0. The predicted octanol–water partition coefficient (Wildman–Crippen LogP) is 5.16. The molecule has 0 aliphatic rings. The molecule has 9 heteroatoms. The van der Waals surface area contributed by atoms with E-state index in [4.69, 9.17) is 16.0 Å². The first-order valence-electron chi connectivity index (χ1n) is 9.13. The molecule has 0 bridgehead atoms. The lowest BCUT2D eigenvalue weighted by molar-refractivity contribution is 0.101. The van der Waals surface area contributed by atoms with Crippen LogP contribution in [0.3, 0.4) is 0 Å². The second-order valence-electron chi connectivity index (χ2n) is 6.91. The van der Waals surface area contributed by atoms with Crippen LogP contribution < -0.4 is 9.24 Å². The van der Waals surface area contributed by atoms with Crippen LogP contribution in [0.15, 0.2) is 74.8 Å². The molecule has 31 heavy (non-hydrogen) atoms. The second-order valence-corrected chi connectivity index (χ2v) is 10.0. The molecule has 4 aromatic rings. The highest BCUT2D eigenvalue weighted by Crippen LogP contribution is 2.32. The minimum absolute atomic E-state index is 0.000943. The summed E-state index contributed by atoms with van der Waals surface area (Å²) in [7, 11) is -4.31. The smallest absolute Gasteiger partial charge is 0.396 e. The average Bonchev–Trinajstić information content (AvgIpc) is 3.07. The van der Waals surface area contributed by atoms with Gasteiger partial charge < -0.3 is 4.42 Å². The van der Waals surface area contributed by atoms with Crippen LogP contribution in [0.25, 0.3) is 10.3 Å². The normalized spacial score (nSPS) is 11.6. The van der Waals surface area contributed by atoms with Gasteiger partial charge in [0, 0.05) is 0 Å². The van der Waals surface area contributed by atoms with Crippen LogP contribution in [-0.2, 0) is 10.0 Å². The van der Waals surface area contributed by atoms with Gasteiger partial charge in [0.2, 0.25) is 0 Å². The van der Waals surface area contributed by atoms with E-state index in [1.165, 1.54) is 36.4 Å². The number of fused-ring (bicyclic) bond motifs is 1. The Labute approximate surface area is 187 Å². The number of carbonyl (C=O) groups is 1. The Morgan fingerprint density at radius 3 is 2.48 bits per heavy atom. The zero-order valence-electron chi connectivity index (χ0n) is 16.5. The first-order valence-corrected chi connectivity index (χ1v) is 11.8. The largest absolute Gasteiger partial charge is 0.414 e. The van der Waals surface area contributed by atoms with Crippen molar-refractivity contribution in [2.24, 2.45) is 0 Å². The summed E-state index contributed by atoms with van der Waals surface area (Å²) in [4.78, 5) is 24.6. The summed E-state index contributed by atoms with van der Waals surface area (Å²) >= 11 is 7.03. The highest BCUT2D eigenvalue weighted by atomic mass is 35.5. The summed E-state index contributed by atoms with van der Waals surface area (Å²) in [5.41, 5.74) is 1.83. The fourth-order valence-corrected chi connectivity index (χ4v) is 5.81. The van der Waals surface area contributed by atoms with Crippen molar-refractivity contribution in [3.8, 4) is 0 Å². The maximum Gasteiger partial charge on any atom is 0.396 e. The summed E-state index contributed by atoms with van der Waals surface area (Å²) < 4.78 is 33.6. The number of benzene rings is 3. The van der Waals surface area contributed by atoms with Gasteiger partial charge in [-0.2, -0.15) is 4.31 Å². The molecule has 0 fully saturated rings. The van der Waals surface area contributed by atoms with E-state index in [-0.39, 0.29) is 21.2 Å². The molecule has 0 saturated carbocycles. The molecular formula is C22H16ClNO5S2. The van der Waals surface area contributed by atoms with Gasteiger partial charge in [0.05, 0.1) is 25.9 Å². The zero-order chi connectivity index (χ0) is 22.3. The quantitative estimate of drug-likeness (QED) is 0.408. The van der Waals surface area contributed by atoms with E-state index < -0.39 is 20.9 Å². The average molecular weight is 474 g/mol. The van der Waals surface area contributed by atoms with Gasteiger partial charge in [-0.05, 0) is 55.8 Å². The fraction of sp³-hybridized carbons (Fsp3) is 0.0909. The van der Waals surface area contributed by atoms with E-state index in [1.807, 2.05) is 6.92 Å². The number of nitrogens with zero attached hydrogens (tertiary/aromatic N) is 1. The first-order chi connectivity index (χ1) is 14.7. The lowest BCUT2D eigenvalue weighted by Crippen LogP contribution is -2.37. The minimum atomic E-state index is -4.31. The summed E-state index contributed by atoms with van der Waals surface area (Å²) in [5, 5.41) is 0.127. The summed E-state index contributed by atoms with van der Waals surface area (Å²) in [6.45, 7) is 3.52. The Morgan fingerprint density at radius 1 is 1.03 bits per heavy atom. The molecule has 1 heterocycles. The van der Waals surface area contributed by atoms with E-state index in [0.29, 0.717) is 15.8 Å². The van der Waals surface area contributed by atoms with Gasteiger partial charge in [-0.3, -0.25) is 4.79 Å². The lowest BCUT2D eigenvalue weighted by atomic mass is 10.2. The van der Waals surface area contributed by atoms with Crippen molar-refractivity contribution in [1.29, 1.82) is 0 Å². The monoisotopic (exact) mass is 473 g/mol. The highest BCUT2D eigenvalue weighted by Gasteiger charge is 2.34. The molecular weight excluding hydrogens is 458 g/mol. The Bertz CT molecular complexity index is 1490. The van der Waals surface area contributed by atoms with Gasteiger partial charge >= 0.3 is 4.94 Å². The third-order valence-electron chi connectivity index (χ3n) is 4.69. The van der Waals surface area contributed by atoms with Crippen molar-refractivity contribution in [2.75, 3.05) is 4.31 Å². The Hall–Kier alpha value is -2.94. The summed E-state index contributed by atoms with van der Waals surface area (Å²) in [6.07, 6.45) is 0. The molecule has 6 nitrogen and oxygen atoms in total. The Kier molecular flexibility index (Phi) is 5.47. The second kappa shape index (κ2) is 7.96. The molecule has 0 radical (unpaired) electrons. The van der Waals surface area contributed by atoms with Crippen LogP contribution >= 0.6 is 22.9 Å². The van der Waals surface area contributed by atoms with Crippen molar-refractivity contribution in [3.63, 3.8) is 0 Å². The van der Waals surface area contributed by atoms with Crippen molar-refractivity contribution in [1.82, 2.24) is 0 Å². The number of rotatable bonds is 4. The van der Waals surface area contributed by atoms with Crippen LogP contribution in [-0.4, -0.2) is 14.3 Å². The fourth-order valence-electron chi connectivity index (χ4n) is 3.28. The maximum absolute atomic E-state index is 13.7. The number of hydrogen-bond acceptors (Lipinski definition) is 6. The van der Waals surface area contributed by atoms with E-state index in [0.717, 1.165) is 21.2 Å². The standard InChI is InChI=1S/C22H16ClNO5S2/c1-13-7-10-20(14(2)11-13)31(27,28)24(21(25)16-5-3-4-6-17(16)23)15-8-9-18-19(12-15)30-22(26)29-18/h3-12H,1-2H3. The van der Waals surface area contributed by atoms with Crippen molar-refractivity contribution >= 4 is 54.8 Å². The van der Waals surface area contributed by atoms with Gasteiger partial charge in [-0.25, -0.2) is 13.2 Å². The third-order valence-corrected chi connectivity index (χ3v) is 7.68. The van der Waals surface area contributed by atoms with Gasteiger partial charge in [0.15, 0.2) is 0 Å². The van der Waals surface area contributed by atoms with Crippen LogP contribution in [0.2, 0.25) is 5.02 Å². The number of halogens is 1. The molecule has 1 amide bonds. The molecule has 0 saturated heterocycles. The third kappa shape index (κ3) is 3.89. The zero-order valence-corrected chi connectivity index (χ0v) is 18.8. The topological polar surface area (TPSA) is 84.7 Å². The predicted molar refractivity (Wildman–Crippen MR) is 122 cm³/mol. The lowest BCUT2D eigenvalue weighted by Gasteiger charge is -2.24. The Morgan fingerprint density at radius 2 is 1.77 bits per heavy atom. The molecule has 0 unspecified atom stereocenters. The number of anilines is 1. The molecule has 4 rings (SSSR count). The van der Waals surface area contributed by atoms with Crippen LogP contribution in [0.5, 0.6) is 0 Å². The van der Waals surface area contributed by atoms with E-state index >= 15 is 0 Å². The summed E-state index contributed by atoms with van der Waals surface area (Å²) in [6, 6.07) is 15.4. The van der Waals surface area contributed by atoms with E-state index in [9.17, 15) is 18.0 Å².